The number of amides is 1. The van der Waals surface area contributed by atoms with Gasteiger partial charge in [-0.05, 0) is 47.5 Å². The quantitative estimate of drug-likeness (QED) is 0.513. The van der Waals surface area contributed by atoms with Crippen LogP contribution in [-0.4, -0.2) is 44.1 Å². The summed E-state index contributed by atoms with van der Waals surface area (Å²) in [5, 5.41) is 1.73. The lowest BCUT2D eigenvalue weighted by Gasteiger charge is -2.32. The van der Waals surface area contributed by atoms with Gasteiger partial charge in [-0.3, -0.25) is 9.59 Å². The molecular formula is C23H20N2O4S2. The molecule has 1 aliphatic heterocycles. The van der Waals surface area contributed by atoms with Gasteiger partial charge < -0.3 is 4.90 Å². The number of sulfonamides is 1. The number of fused-ring (bicyclic) bond motifs is 3. The van der Waals surface area contributed by atoms with Crippen molar-refractivity contribution in [2.75, 3.05) is 13.1 Å². The fourth-order valence-corrected chi connectivity index (χ4v) is 6.55. The van der Waals surface area contributed by atoms with Gasteiger partial charge in [0.15, 0.2) is 5.78 Å². The third kappa shape index (κ3) is 3.60. The van der Waals surface area contributed by atoms with Crippen molar-refractivity contribution in [3.8, 4) is 11.1 Å². The summed E-state index contributed by atoms with van der Waals surface area (Å²) in [5.41, 5.74) is 3.48. The van der Waals surface area contributed by atoms with E-state index in [-0.39, 0.29) is 17.7 Å². The summed E-state index contributed by atoms with van der Waals surface area (Å²) in [7, 11) is -3.52. The number of piperidine rings is 1. The Morgan fingerprint density at radius 1 is 0.935 bits per heavy atom. The summed E-state index contributed by atoms with van der Waals surface area (Å²) in [6.07, 6.45) is 1.09. The zero-order valence-electron chi connectivity index (χ0n) is 16.6. The molecule has 2 aromatic carbocycles. The van der Waals surface area contributed by atoms with Crippen LogP contribution in [-0.2, 0) is 10.0 Å². The topological polar surface area (TPSA) is 83.6 Å². The molecule has 1 aliphatic carbocycles. The van der Waals surface area contributed by atoms with Gasteiger partial charge in [0.25, 0.3) is 5.91 Å². The molecule has 158 valence electrons. The molecule has 0 bridgehead atoms. The number of likely N-dealkylation sites (tertiary alicyclic amines) is 1. The lowest BCUT2D eigenvalue weighted by molar-refractivity contribution is 0.0711. The normalized spacial score (nSPS) is 16.3. The second-order valence-electron chi connectivity index (χ2n) is 7.75. The minimum Gasteiger partial charge on any atom is -0.339 e. The van der Waals surface area contributed by atoms with Crippen LogP contribution in [0.5, 0.6) is 0 Å². The zero-order valence-corrected chi connectivity index (χ0v) is 18.2. The van der Waals surface area contributed by atoms with Crippen molar-refractivity contribution in [3.05, 3.63) is 76.7 Å². The fraction of sp³-hybridized carbons (Fsp3) is 0.217. The van der Waals surface area contributed by atoms with Gasteiger partial charge in [-0.15, -0.1) is 11.3 Å². The van der Waals surface area contributed by atoms with Crippen LogP contribution in [0.1, 0.15) is 39.1 Å². The molecule has 31 heavy (non-hydrogen) atoms. The largest absolute Gasteiger partial charge is 0.339 e. The molecule has 5 rings (SSSR count). The molecule has 2 heterocycles. The number of thiophene rings is 1. The Morgan fingerprint density at radius 3 is 2.35 bits per heavy atom. The third-order valence-corrected chi connectivity index (χ3v) is 8.75. The van der Waals surface area contributed by atoms with Crippen LogP contribution in [0.4, 0.5) is 0 Å². The number of nitrogens with zero attached hydrogens (tertiary/aromatic N) is 1. The van der Waals surface area contributed by atoms with Gasteiger partial charge in [-0.2, -0.15) is 0 Å². The van der Waals surface area contributed by atoms with Gasteiger partial charge in [-0.25, -0.2) is 13.1 Å². The molecule has 2 aliphatic rings. The van der Waals surface area contributed by atoms with Crippen LogP contribution in [0.25, 0.3) is 11.1 Å². The predicted molar refractivity (Wildman–Crippen MR) is 119 cm³/mol. The number of benzene rings is 2. The van der Waals surface area contributed by atoms with E-state index in [0.717, 1.165) is 11.1 Å². The molecule has 1 aromatic heterocycles. The molecule has 0 spiro atoms. The molecule has 1 N–H and O–H groups in total. The van der Waals surface area contributed by atoms with E-state index in [9.17, 15) is 18.0 Å². The Morgan fingerprint density at radius 2 is 1.65 bits per heavy atom. The molecule has 6 nitrogen and oxygen atoms in total. The first-order chi connectivity index (χ1) is 14.9. The molecule has 0 radical (unpaired) electrons. The Labute approximate surface area is 184 Å². The Kier molecular flexibility index (Phi) is 5.00. The van der Waals surface area contributed by atoms with Crippen molar-refractivity contribution in [2.45, 2.75) is 23.1 Å². The number of hydrogen-bond acceptors (Lipinski definition) is 5. The van der Waals surface area contributed by atoms with Crippen molar-refractivity contribution in [3.63, 3.8) is 0 Å². The highest BCUT2D eigenvalue weighted by atomic mass is 32.2. The van der Waals surface area contributed by atoms with Crippen molar-refractivity contribution in [2.24, 2.45) is 0 Å². The summed E-state index contributed by atoms with van der Waals surface area (Å²) in [5.74, 6) is -0.187. The maximum absolute atomic E-state index is 13.0. The van der Waals surface area contributed by atoms with Gasteiger partial charge in [0.2, 0.25) is 10.0 Å². The molecule has 1 fully saturated rings. The van der Waals surface area contributed by atoms with Crippen LogP contribution < -0.4 is 4.72 Å². The number of ketones is 1. The minimum atomic E-state index is -3.52. The molecule has 0 saturated carbocycles. The molecule has 3 aromatic rings. The van der Waals surface area contributed by atoms with Crippen LogP contribution in [0.3, 0.4) is 0 Å². The van der Waals surface area contributed by atoms with Crippen LogP contribution in [0.2, 0.25) is 0 Å². The summed E-state index contributed by atoms with van der Waals surface area (Å²) in [6.45, 7) is 0.920. The Balaban J connectivity index is 1.27. The van der Waals surface area contributed by atoms with Crippen LogP contribution in [0.15, 0.2) is 64.2 Å². The van der Waals surface area contributed by atoms with E-state index in [2.05, 4.69) is 4.72 Å². The number of rotatable bonds is 4. The fourth-order valence-electron chi connectivity index (χ4n) is 4.24. The highest BCUT2D eigenvalue weighted by molar-refractivity contribution is 7.91. The number of carbonyl (C=O) groups is 2. The van der Waals surface area contributed by atoms with E-state index in [4.69, 9.17) is 0 Å². The summed E-state index contributed by atoms with van der Waals surface area (Å²) in [6, 6.07) is 15.8. The molecular weight excluding hydrogens is 432 g/mol. The Hall–Kier alpha value is -2.81. The molecule has 0 unspecified atom stereocenters. The van der Waals surface area contributed by atoms with Crippen molar-refractivity contribution in [1.82, 2.24) is 9.62 Å². The van der Waals surface area contributed by atoms with Crippen LogP contribution in [0, 0.1) is 0 Å². The smallest absolute Gasteiger partial charge is 0.253 e. The number of hydrogen-bond donors (Lipinski definition) is 1. The first-order valence-corrected chi connectivity index (χ1v) is 12.4. The zero-order chi connectivity index (χ0) is 21.6. The van der Waals surface area contributed by atoms with E-state index < -0.39 is 10.0 Å². The van der Waals surface area contributed by atoms with E-state index in [1.54, 1.807) is 40.6 Å². The summed E-state index contributed by atoms with van der Waals surface area (Å²) < 4.78 is 27.9. The highest BCUT2D eigenvalue weighted by Crippen LogP contribution is 2.37. The lowest BCUT2D eigenvalue weighted by atomic mass is 10.0. The monoisotopic (exact) mass is 452 g/mol. The average Bonchev–Trinajstić information content (AvgIpc) is 3.42. The van der Waals surface area contributed by atoms with Crippen molar-refractivity contribution in [1.29, 1.82) is 0 Å². The number of nitrogens with one attached hydrogen (secondary N) is 1. The van der Waals surface area contributed by atoms with Crippen LogP contribution >= 0.6 is 11.3 Å². The van der Waals surface area contributed by atoms with Crippen molar-refractivity contribution >= 4 is 33.1 Å². The standard InChI is InChI=1S/C23H20N2O4S2/c26-22-19-5-2-1-4-17(19)18-8-7-15(14-20(18)22)23(27)25-11-9-16(10-12-25)24-31(28,29)21-6-3-13-30-21/h1-8,13-14,16,24H,9-12H2. The van der Waals surface area contributed by atoms with E-state index in [1.165, 1.54) is 11.3 Å². The Bertz CT molecular complexity index is 1270. The average molecular weight is 453 g/mol. The van der Waals surface area contributed by atoms with Gasteiger partial charge in [0, 0.05) is 35.8 Å². The molecule has 1 amide bonds. The van der Waals surface area contributed by atoms with E-state index >= 15 is 0 Å². The second-order valence-corrected chi connectivity index (χ2v) is 10.6. The van der Waals surface area contributed by atoms with Gasteiger partial charge >= 0.3 is 0 Å². The van der Waals surface area contributed by atoms with Gasteiger partial charge in [0.05, 0.1) is 0 Å². The summed E-state index contributed by atoms with van der Waals surface area (Å²) >= 11 is 1.18. The molecule has 8 heteroatoms. The number of carbonyl (C=O) groups excluding carboxylic acids is 2. The van der Waals surface area contributed by atoms with E-state index in [1.807, 2.05) is 24.3 Å². The summed E-state index contributed by atoms with van der Waals surface area (Å²) in [4.78, 5) is 27.5. The predicted octanol–water partition coefficient (Wildman–Crippen LogP) is 3.54. The first-order valence-electron chi connectivity index (χ1n) is 10.1. The maximum Gasteiger partial charge on any atom is 0.253 e. The lowest BCUT2D eigenvalue weighted by Crippen LogP contribution is -2.46. The minimum absolute atomic E-state index is 0.0538. The first kappa shape index (κ1) is 20.1. The molecule has 0 atom stereocenters. The molecule has 1 saturated heterocycles. The highest BCUT2D eigenvalue weighted by Gasteiger charge is 2.30. The van der Waals surface area contributed by atoms with E-state index in [0.29, 0.717) is 46.8 Å². The SMILES string of the molecule is O=C1c2ccccc2-c2ccc(C(=O)N3CCC(NS(=O)(=O)c4cccs4)CC3)cc21. The van der Waals surface area contributed by atoms with Crippen molar-refractivity contribution < 1.29 is 18.0 Å². The van der Waals surface area contributed by atoms with Gasteiger partial charge in [-0.1, -0.05) is 36.4 Å². The third-order valence-electron chi connectivity index (χ3n) is 5.84. The maximum atomic E-state index is 13.0. The second kappa shape index (κ2) is 7.71. The van der Waals surface area contributed by atoms with Gasteiger partial charge in [0.1, 0.15) is 4.21 Å².